The maximum atomic E-state index is 12.2. The number of benzene rings is 1. The van der Waals surface area contributed by atoms with Crippen molar-refractivity contribution in [3.05, 3.63) is 51.6 Å². The highest BCUT2D eigenvalue weighted by molar-refractivity contribution is 5.91. The second kappa shape index (κ2) is 4.32. The van der Waals surface area contributed by atoms with Crippen molar-refractivity contribution < 1.29 is 0 Å². The van der Waals surface area contributed by atoms with E-state index in [1.165, 1.54) is 10.9 Å². The SMILES string of the molecule is CCc1nc(=O)c(C)c2n1CCc1c-2[nH]c2ccccc12. The average molecular weight is 279 g/mol. The fourth-order valence-electron chi connectivity index (χ4n) is 3.41. The fraction of sp³-hybridized carbons (Fsp3) is 0.294. The van der Waals surface area contributed by atoms with Gasteiger partial charge < -0.3 is 9.55 Å². The van der Waals surface area contributed by atoms with Crippen LogP contribution >= 0.6 is 0 Å². The average Bonchev–Trinajstić information content (AvgIpc) is 2.89. The van der Waals surface area contributed by atoms with Crippen molar-refractivity contribution in [1.29, 1.82) is 0 Å². The monoisotopic (exact) mass is 279 g/mol. The van der Waals surface area contributed by atoms with E-state index in [-0.39, 0.29) is 5.56 Å². The summed E-state index contributed by atoms with van der Waals surface area (Å²) >= 11 is 0. The number of nitrogens with one attached hydrogen (secondary N) is 1. The second-order valence-electron chi connectivity index (χ2n) is 5.59. The lowest BCUT2D eigenvalue weighted by Gasteiger charge is -2.23. The summed E-state index contributed by atoms with van der Waals surface area (Å²) in [5.41, 5.74) is 5.20. The smallest absolute Gasteiger partial charge is 0.276 e. The van der Waals surface area contributed by atoms with E-state index in [1.54, 1.807) is 0 Å². The summed E-state index contributed by atoms with van der Waals surface area (Å²) in [6.07, 6.45) is 1.75. The molecular formula is C17H17N3O. The first-order chi connectivity index (χ1) is 10.2. The van der Waals surface area contributed by atoms with Crippen LogP contribution in [0.1, 0.15) is 23.9 Å². The number of aromatic nitrogens is 3. The number of hydrogen-bond acceptors (Lipinski definition) is 2. The highest BCUT2D eigenvalue weighted by Gasteiger charge is 2.24. The second-order valence-corrected chi connectivity index (χ2v) is 5.59. The lowest BCUT2D eigenvalue weighted by atomic mass is 9.99. The molecule has 0 unspecified atom stereocenters. The first kappa shape index (κ1) is 12.4. The molecule has 4 heteroatoms. The van der Waals surface area contributed by atoms with E-state index in [2.05, 4.69) is 32.7 Å². The number of rotatable bonds is 1. The molecule has 1 N–H and O–H groups in total. The molecule has 3 heterocycles. The Labute approximate surface area is 122 Å². The minimum Gasteiger partial charge on any atom is -0.353 e. The Morgan fingerprint density at radius 3 is 2.95 bits per heavy atom. The van der Waals surface area contributed by atoms with Crippen molar-refractivity contribution in [1.82, 2.24) is 14.5 Å². The third-order valence-electron chi connectivity index (χ3n) is 4.44. The van der Waals surface area contributed by atoms with Crippen LogP contribution in [0.5, 0.6) is 0 Å². The number of hydrogen-bond donors (Lipinski definition) is 1. The van der Waals surface area contributed by atoms with E-state index in [1.807, 2.05) is 19.9 Å². The lowest BCUT2D eigenvalue weighted by molar-refractivity contribution is 0.618. The van der Waals surface area contributed by atoms with Crippen molar-refractivity contribution in [2.24, 2.45) is 0 Å². The van der Waals surface area contributed by atoms with Crippen molar-refractivity contribution in [2.75, 3.05) is 0 Å². The molecule has 1 aliphatic rings. The minimum absolute atomic E-state index is 0.107. The van der Waals surface area contributed by atoms with Crippen LogP contribution in [0.4, 0.5) is 0 Å². The molecule has 1 aliphatic heterocycles. The summed E-state index contributed by atoms with van der Waals surface area (Å²) in [5.74, 6) is 0.880. The highest BCUT2D eigenvalue weighted by Crippen LogP contribution is 2.35. The van der Waals surface area contributed by atoms with E-state index in [4.69, 9.17) is 0 Å². The molecule has 0 bridgehead atoms. The van der Waals surface area contributed by atoms with Crippen molar-refractivity contribution in [2.45, 2.75) is 33.2 Å². The number of para-hydroxylation sites is 1. The molecule has 0 fully saturated rings. The quantitative estimate of drug-likeness (QED) is 0.744. The minimum atomic E-state index is -0.107. The van der Waals surface area contributed by atoms with Crippen molar-refractivity contribution >= 4 is 10.9 Å². The van der Waals surface area contributed by atoms with Gasteiger partial charge >= 0.3 is 0 Å². The Bertz CT molecular complexity index is 918. The maximum absolute atomic E-state index is 12.2. The Balaban J connectivity index is 2.13. The largest absolute Gasteiger partial charge is 0.353 e. The van der Waals surface area contributed by atoms with Crippen LogP contribution in [-0.4, -0.2) is 14.5 Å². The van der Waals surface area contributed by atoms with Crippen LogP contribution in [0, 0.1) is 6.92 Å². The highest BCUT2D eigenvalue weighted by atomic mass is 16.1. The molecule has 4 nitrogen and oxygen atoms in total. The predicted molar refractivity (Wildman–Crippen MR) is 83.6 cm³/mol. The number of aryl methyl sites for hydroxylation is 2. The molecule has 4 rings (SSSR count). The summed E-state index contributed by atoms with van der Waals surface area (Å²) in [4.78, 5) is 19.9. The van der Waals surface area contributed by atoms with Crippen molar-refractivity contribution in [3.63, 3.8) is 0 Å². The third kappa shape index (κ3) is 1.62. The lowest BCUT2D eigenvalue weighted by Crippen LogP contribution is -2.25. The normalized spacial score (nSPS) is 13.2. The van der Waals surface area contributed by atoms with Crippen LogP contribution in [-0.2, 0) is 19.4 Å². The fourth-order valence-corrected chi connectivity index (χ4v) is 3.41. The standard InChI is InChI=1S/C17H17N3O/c1-3-14-19-17(21)10(2)16-15-12(8-9-20(14)16)11-6-4-5-7-13(11)18-15/h4-7,18H,3,8-9H2,1-2H3. The van der Waals surface area contributed by atoms with E-state index >= 15 is 0 Å². The molecule has 0 amide bonds. The molecule has 21 heavy (non-hydrogen) atoms. The number of H-pyrrole nitrogens is 1. The van der Waals surface area contributed by atoms with Crippen molar-refractivity contribution in [3.8, 4) is 11.4 Å². The molecular weight excluding hydrogens is 262 g/mol. The van der Waals surface area contributed by atoms with Gasteiger partial charge in [-0.15, -0.1) is 0 Å². The van der Waals surface area contributed by atoms with Gasteiger partial charge in [0.05, 0.1) is 11.4 Å². The van der Waals surface area contributed by atoms with E-state index in [9.17, 15) is 4.79 Å². The molecule has 0 atom stereocenters. The third-order valence-corrected chi connectivity index (χ3v) is 4.44. The van der Waals surface area contributed by atoms with Crippen LogP contribution in [0.3, 0.4) is 0 Å². The van der Waals surface area contributed by atoms with Gasteiger partial charge in [-0.25, -0.2) is 0 Å². The van der Waals surface area contributed by atoms with Crippen LogP contribution in [0.2, 0.25) is 0 Å². The molecule has 2 aromatic heterocycles. The molecule has 1 aromatic carbocycles. The van der Waals surface area contributed by atoms with E-state index < -0.39 is 0 Å². The molecule has 106 valence electrons. The first-order valence-electron chi connectivity index (χ1n) is 7.41. The van der Waals surface area contributed by atoms with Gasteiger partial charge in [0.2, 0.25) is 0 Å². The summed E-state index contributed by atoms with van der Waals surface area (Å²) in [6, 6.07) is 8.34. The van der Waals surface area contributed by atoms with E-state index in [0.717, 1.165) is 47.7 Å². The van der Waals surface area contributed by atoms with E-state index in [0.29, 0.717) is 0 Å². The van der Waals surface area contributed by atoms with Gasteiger partial charge in [0.1, 0.15) is 5.82 Å². The molecule has 0 saturated carbocycles. The maximum Gasteiger partial charge on any atom is 0.276 e. The van der Waals surface area contributed by atoms with Gasteiger partial charge in [-0.05, 0) is 25.0 Å². The van der Waals surface area contributed by atoms with Gasteiger partial charge in [0.25, 0.3) is 5.56 Å². The summed E-state index contributed by atoms with van der Waals surface area (Å²) in [7, 11) is 0. The van der Waals surface area contributed by atoms with Crippen LogP contribution in [0.25, 0.3) is 22.3 Å². The van der Waals surface area contributed by atoms with Gasteiger partial charge in [0, 0.05) is 29.4 Å². The van der Waals surface area contributed by atoms with Gasteiger partial charge in [-0.3, -0.25) is 4.79 Å². The molecule has 0 aliphatic carbocycles. The topological polar surface area (TPSA) is 50.7 Å². The Morgan fingerprint density at radius 2 is 2.14 bits per heavy atom. The number of aromatic amines is 1. The molecule has 0 radical (unpaired) electrons. The van der Waals surface area contributed by atoms with Gasteiger partial charge in [-0.1, -0.05) is 25.1 Å². The molecule has 0 saturated heterocycles. The summed E-state index contributed by atoms with van der Waals surface area (Å²) in [5, 5.41) is 1.26. The zero-order chi connectivity index (χ0) is 14.6. The Kier molecular flexibility index (Phi) is 2.55. The summed E-state index contributed by atoms with van der Waals surface area (Å²) in [6.45, 7) is 4.81. The van der Waals surface area contributed by atoms with Gasteiger partial charge in [0.15, 0.2) is 0 Å². The summed E-state index contributed by atoms with van der Waals surface area (Å²) < 4.78 is 2.20. The Morgan fingerprint density at radius 1 is 1.33 bits per heavy atom. The Hall–Kier alpha value is -2.36. The first-order valence-corrected chi connectivity index (χ1v) is 7.41. The molecule has 0 spiro atoms. The zero-order valence-electron chi connectivity index (χ0n) is 12.2. The van der Waals surface area contributed by atoms with Crippen LogP contribution in [0.15, 0.2) is 29.1 Å². The number of nitrogens with zero attached hydrogens (tertiary/aromatic N) is 2. The predicted octanol–water partition coefficient (Wildman–Crippen LogP) is 2.82. The number of fused-ring (bicyclic) bond motifs is 5. The van der Waals surface area contributed by atoms with Crippen LogP contribution < -0.4 is 5.56 Å². The zero-order valence-corrected chi connectivity index (χ0v) is 12.2. The van der Waals surface area contributed by atoms with Gasteiger partial charge in [-0.2, -0.15) is 4.98 Å². The molecule has 3 aromatic rings.